The molecule has 0 saturated heterocycles. The number of anilines is 1. The van der Waals surface area contributed by atoms with Crippen LogP contribution in [0.15, 0.2) is 46.9 Å². The van der Waals surface area contributed by atoms with E-state index in [9.17, 15) is 18.0 Å². The number of carbonyl (C=O) groups is 2. The summed E-state index contributed by atoms with van der Waals surface area (Å²) in [6.07, 6.45) is 1.42. The number of nitrogens with one attached hydrogen (secondary N) is 1. The molecule has 2 aromatic rings. The van der Waals surface area contributed by atoms with Gasteiger partial charge in [-0.1, -0.05) is 46.6 Å². The molecule has 2 aromatic carbocycles. The number of benzene rings is 2. The van der Waals surface area contributed by atoms with E-state index in [0.29, 0.717) is 17.1 Å². The molecular weight excluding hydrogens is 518 g/mol. The molecule has 0 bridgehead atoms. The molecule has 32 heavy (non-hydrogen) atoms. The zero-order valence-corrected chi connectivity index (χ0v) is 21.6. The second-order valence-electron chi connectivity index (χ2n) is 7.39. The maximum absolute atomic E-state index is 13.4. The molecule has 0 aliphatic heterocycles. The molecular formula is C22H27BrClN3O4S. The second kappa shape index (κ2) is 11.2. The summed E-state index contributed by atoms with van der Waals surface area (Å²) in [7, 11) is -2.26. The SMILES string of the molecule is CCC(C(=O)NC)N(Cc1ccc(Cl)cc1)C(=O)CN(c1ccc(Br)c(C)c1)S(C)(=O)=O. The minimum atomic E-state index is -3.76. The Morgan fingerprint density at radius 1 is 1.16 bits per heavy atom. The van der Waals surface area contributed by atoms with Crippen LogP contribution in [0.5, 0.6) is 0 Å². The van der Waals surface area contributed by atoms with Gasteiger partial charge in [0.15, 0.2) is 0 Å². The minimum Gasteiger partial charge on any atom is -0.357 e. The van der Waals surface area contributed by atoms with Gasteiger partial charge < -0.3 is 10.2 Å². The Balaban J connectivity index is 2.43. The van der Waals surface area contributed by atoms with Crippen LogP contribution < -0.4 is 9.62 Å². The molecule has 10 heteroatoms. The van der Waals surface area contributed by atoms with Gasteiger partial charge in [0, 0.05) is 23.1 Å². The van der Waals surface area contributed by atoms with Gasteiger partial charge in [0.2, 0.25) is 21.8 Å². The van der Waals surface area contributed by atoms with Crippen molar-refractivity contribution in [3.05, 3.63) is 63.1 Å². The highest BCUT2D eigenvalue weighted by Gasteiger charge is 2.31. The number of carbonyl (C=O) groups excluding carboxylic acids is 2. The van der Waals surface area contributed by atoms with Gasteiger partial charge >= 0.3 is 0 Å². The first-order chi connectivity index (χ1) is 15.0. The molecule has 0 aromatic heterocycles. The second-order valence-corrected chi connectivity index (χ2v) is 10.6. The lowest BCUT2D eigenvalue weighted by Crippen LogP contribution is -2.51. The average Bonchev–Trinajstić information content (AvgIpc) is 2.74. The zero-order valence-electron chi connectivity index (χ0n) is 18.4. The summed E-state index contributed by atoms with van der Waals surface area (Å²) in [6, 6.07) is 11.2. The number of amides is 2. The summed E-state index contributed by atoms with van der Waals surface area (Å²) in [4.78, 5) is 27.3. The van der Waals surface area contributed by atoms with E-state index in [-0.39, 0.29) is 12.5 Å². The number of aryl methyl sites for hydroxylation is 1. The highest BCUT2D eigenvalue weighted by Crippen LogP contribution is 2.25. The molecule has 0 fully saturated rings. The van der Waals surface area contributed by atoms with E-state index in [1.165, 1.54) is 11.9 Å². The quantitative estimate of drug-likeness (QED) is 0.521. The van der Waals surface area contributed by atoms with Gasteiger partial charge in [-0.25, -0.2) is 8.42 Å². The number of hydrogen-bond acceptors (Lipinski definition) is 4. The molecule has 2 amide bonds. The lowest BCUT2D eigenvalue weighted by molar-refractivity contribution is -0.140. The Labute approximate surface area is 202 Å². The average molecular weight is 545 g/mol. The van der Waals surface area contributed by atoms with Crippen LogP contribution in [-0.4, -0.2) is 51.0 Å². The molecule has 0 aliphatic rings. The van der Waals surface area contributed by atoms with Gasteiger partial charge in [-0.05, 0) is 54.8 Å². The fourth-order valence-electron chi connectivity index (χ4n) is 3.27. The van der Waals surface area contributed by atoms with Crippen LogP contribution in [0.25, 0.3) is 0 Å². The van der Waals surface area contributed by atoms with Gasteiger partial charge in [0.05, 0.1) is 11.9 Å². The van der Waals surface area contributed by atoms with Crippen molar-refractivity contribution in [3.8, 4) is 0 Å². The molecule has 174 valence electrons. The maximum atomic E-state index is 13.4. The van der Waals surface area contributed by atoms with Crippen LogP contribution in [-0.2, 0) is 26.2 Å². The Hall–Kier alpha value is -2.10. The van der Waals surface area contributed by atoms with Crippen molar-refractivity contribution in [2.45, 2.75) is 32.9 Å². The monoisotopic (exact) mass is 543 g/mol. The lowest BCUT2D eigenvalue weighted by Gasteiger charge is -2.32. The Bertz CT molecular complexity index is 1080. The van der Waals surface area contributed by atoms with Crippen LogP contribution in [0.3, 0.4) is 0 Å². The predicted molar refractivity (Wildman–Crippen MR) is 131 cm³/mol. The third-order valence-corrected chi connectivity index (χ3v) is 7.29. The summed E-state index contributed by atoms with van der Waals surface area (Å²) in [5.74, 6) is -0.804. The summed E-state index contributed by atoms with van der Waals surface area (Å²) in [5, 5.41) is 3.14. The molecule has 7 nitrogen and oxygen atoms in total. The fourth-order valence-corrected chi connectivity index (χ4v) is 4.48. The van der Waals surface area contributed by atoms with Crippen LogP contribution >= 0.6 is 27.5 Å². The molecule has 0 heterocycles. The van der Waals surface area contributed by atoms with Crippen molar-refractivity contribution in [1.82, 2.24) is 10.2 Å². The summed E-state index contributed by atoms with van der Waals surface area (Å²) >= 11 is 9.36. The zero-order chi connectivity index (χ0) is 24.1. The molecule has 1 atom stereocenters. The molecule has 2 rings (SSSR count). The van der Waals surface area contributed by atoms with Gasteiger partial charge in [-0.2, -0.15) is 0 Å². The van der Waals surface area contributed by atoms with Gasteiger partial charge in [0.1, 0.15) is 12.6 Å². The smallest absolute Gasteiger partial charge is 0.244 e. The third-order valence-electron chi connectivity index (χ3n) is 5.01. The van der Waals surface area contributed by atoms with Gasteiger partial charge in [-0.3, -0.25) is 13.9 Å². The highest BCUT2D eigenvalue weighted by molar-refractivity contribution is 9.10. The number of hydrogen-bond donors (Lipinski definition) is 1. The minimum absolute atomic E-state index is 0.138. The van der Waals surface area contributed by atoms with Crippen molar-refractivity contribution in [2.24, 2.45) is 0 Å². The van der Waals surface area contributed by atoms with Crippen molar-refractivity contribution in [1.29, 1.82) is 0 Å². The standard InChI is InChI=1S/C22H27BrClN3O4S/c1-5-20(22(29)25-3)26(13-16-6-8-17(24)9-7-16)21(28)14-27(32(4,30)31)18-10-11-19(23)15(2)12-18/h6-12,20H,5,13-14H2,1-4H3,(H,25,29). The molecule has 0 radical (unpaired) electrons. The first kappa shape index (κ1) is 26.2. The molecule has 0 spiro atoms. The number of sulfonamides is 1. The molecule has 1 N–H and O–H groups in total. The van der Waals surface area contributed by atoms with E-state index in [0.717, 1.165) is 26.2 Å². The van der Waals surface area contributed by atoms with Crippen LogP contribution in [0.1, 0.15) is 24.5 Å². The van der Waals surface area contributed by atoms with Gasteiger partial charge in [0.25, 0.3) is 0 Å². The van der Waals surface area contributed by atoms with E-state index in [1.807, 2.05) is 6.92 Å². The lowest BCUT2D eigenvalue weighted by atomic mass is 10.1. The number of rotatable bonds is 9. The van der Waals surface area contributed by atoms with E-state index >= 15 is 0 Å². The van der Waals surface area contributed by atoms with E-state index < -0.39 is 28.5 Å². The predicted octanol–water partition coefficient (Wildman–Crippen LogP) is 3.73. The summed E-state index contributed by atoms with van der Waals surface area (Å²) in [5.41, 5.74) is 1.98. The van der Waals surface area contributed by atoms with E-state index in [4.69, 9.17) is 11.6 Å². The van der Waals surface area contributed by atoms with Crippen molar-refractivity contribution in [2.75, 3.05) is 24.2 Å². The first-order valence-corrected chi connectivity index (χ1v) is 13.0. The normalized spacial score (nSPS) is 12.2. The first-order valence-electron chi connectivity index (χ1n) is 9.97. The number of likely N-dealkylation sites (N-methyl/N-ethyl adjacent to an activating group) is 1. The van der Waals surface area contributed by atoms with Crippen LogP contribution in [0.4, 0.5) is 5.69 Å². The largest absolute Gasteiger partial charge is 0.357 e. The van der Waals surface area contributed by atoms with Gasteiger partial charge in [-0.15, -0.1) is 0 Å². The highest BCUT2D eigenvalue weighted by atomic mass is 79.9. The van der Waals surface area contributed by atoms with Crippen molar-refractivity contribution in [3.63, 3.8) is 0 Å². The topological polar surface area (TPSA) is 86.8 Å². The van der Waals surface area contributed by atoms with Crippen molar-refractivity contribution >= 4 is 55.1 Å². The Kier molecular flexibility index (Phi) is 9.12. The van der Waals surface area contributed by atoms with E-state index in [2.05, 4.69) is 21.2 Å². The van der Waals surface area contributed by atoms with E-state index in [1.54, 1.807) is 49.4 Å². The molecule has 0 saturated carbocycles. The molecule has 0 aliphatic carbocycles. The van der Waals surface area contributed by atoms with Crippen LogP contribution in [0, 0.1) is 6.92 Å². The fraction of sp³-hybridized carbons (Fsp3) is 0.364. The third kappa shape index (κ3) is 6.70. The summed E-state index contributed by atoms with van der Waals surface area (Å²) in [6.45, 7) is 3.34. The van der Waals surface area contributed by atoms with Crippen molar-refractivity contribution < 1.29 is 18.0 Å². The number of halogens is 2. The number of nitrogens with zero attached hydrogens (tertiary/aromatic N) is 2. The maximum Gasteiger partial charge on any atom is 0.244 e. The summed E-state index contributed by atoms with van der Waals surface area (Å²) < 4.78 is 27.0. The molecule has 1 unspecified atom stereocenters. The van der Waals surface area contributed by atoms with Crippen LogP contribution in [0.2, 0.25) is 5.02 Å². The Morgan fingerprint density at radius 3 is 2.28 bits per heavy atom. The Morgan fingerprint density at radius 2 is 1.78 bits per heavy atom.